The zero-order valence-electron chi connectivity index (χ0n) is 16.6. The van der Waals surface area contributed by atoms with Gasteiger partial charge in [0.25, 0.3) is 0 Å². The Morgan fingerprint density at radius 1 is 1.04 bits per heavy atom. The molecule has 0 saturated carbocycles. The van der Waals surface area contributed by atoms with Crippen molar-refractivity contribution in [2.45, 2.75) is 26.3 Å². The minimum Gasteiger partial charge on any atom is -0.493 e. The van der Waals surface area contributed by atoms with E-state index in [4.69, 9.17) is 9.47 Å². The van der Waals surface area contributed by atoms with Gasteiger partial charge >= 0.3 is 0 Å². The molecule has 2 rings (SSSR count). The molecule has 0 aliphatic carbocycles. The van der Waals surface area contributed by atoms with Gasteiger partial charge in [0, 0.05) is 20.1 Å². The minimum atomic E-state index is -0.229. The van der Waals surface area contributed by atoms with Gasteiger partial charge in [-0.15, -0.1) is 24.0 Å². The van der Waals surface area contributed by atoms with Gasteiger partial charge in [-0.25, -0.2) is 4.39 Å². The van der Waals surface area contributed by atoms with E-state index in [9.17, 15) is 4.39 Å². The Balaban J connectivity index is 0.00000392. The lowest BCUT2D eigenvalue weighted by molar-refractivity contribution is 0.310. The van der Waals surface area contributed by atoms with Crippen molar-refractivity contribution in [1.29, 1.82) is 0 Å². The molecular weight excluding hydrogens is 472 g/mol. The maximum atomic E-state index is 12.9. The summed E-state index contributed by atoms with van der Waals surface area (Å²) in [4.78, 5) is 4.21. The van der Waals surface area contributed by atoms with Crippen LogP contribution in [0.4, 0.5) is 4.39 Å². The van der Waals surface area contributed by atoms with E-state index in [0.717, 1.165) is 42.4 Å². The summed E-state index contributed by atoms with van der Waals surface area (Å²) in [6.07, 6.45) is 1.88. The fourth-order valence-corrected chi connectivity index (χ4v) is 2.65. The number of aliphatic imine (C=N–C) groups is 1. The topological polar surface area (TPSA) is 54.9 Å². The largest absolute Gasteiger partial charge is 0.493 e. The minimum absolute atomic E-state index is 0. The van der Waals surface area contributed by atoms with Crippen LogP contribution in [0.3, 0.4) is 0 Å². The van der Waals surface area contributed by atoms with Crippen LogP contribution >= 0.6 is 24.0 Å². The molecule has 0 amide bonds. The van der Waals surface area contributed by atoms with Crippen molar-refractivity contribution in [3.05, 3.63) is 59.4 Å². The van der Waals surface area contributed by atoms with Gasteiger partial charge in [0.05, 0.1) is 13.7 Å². The highest BCUT2D eigenvalue weighted by molar-refractivity contribution is 14.0. The van der Waals surface area contributed by atoms with E-state index >= 15 is 0 Å². The second-order valence-electron chi connectivity index (χ2n) is 6.00. The predicted octanol–water partition coefficient (Wildman–Crippen LogP) is 4.15. The fraction of sp³-hybridized carbons (Fsp3) is 0.381. The average molecular weight is 501 g/mol. The summed E-state index contributed by atoms with van der Waals surface area (Å²) in [6, 6.07) is 12.5. The van der Waals surface area contributed by atoms with Crippen LogP contribution in [0, 0.1) is 5.82 Å². The molecule has 0 aliphatic heterocycles. The first-order valence-electron chi connectivity index (χ1n) is 9.15. The highest BCUT2D eigenvalue weighted by atomic mass is 127. The van der Waals surface area contributed by atoms with E-state index in [1.54, 1.807) is 26.3 Å². The molecule has 154 valence electrons. The third-order valence-electron chi connectivity index (χ3n) is 4.06. The van der Waals surface area contributed by atoms with Gasteiger partial charge in [-0.05, 0) is 55.2 Å². The third kappa shape index (κ3) is 7.92. The molecule has 0 unspecified atom stereocenters. The molecule has 0 saturated heterocycles. The van der Waals surface area contributed by atoms with Gasteiger partial charge in [0.1, 0.15) is 5.82 Å². The quantitative estimate of drug-likeness (QED) is 0.235. The Kier molecular flexibility index (Phi) is 11.3. The number of aryl methyl sites for hydroxylation is 1. The lowest BCUT2D eigenvalue weighted by Gasteiger charge is -2.13. The lowest BCUT2D eigenvalue weighted by atomic mass is 10.1. The van der Waals surface area contributed by atoms with E-state index in [1.807, 2.05) is 19.1 Å². The molecule has 0 atom stereocenters. The molecule has 28 heavy (non-hydrogen) atoms. The van der Waals surface area contributed by atoms with Gasteiger partial charge in [-0.1, -0.05) is 18.2 Å². The first-order valence-corrected chi connectivity index (χ1v) is 9.15. The zero-order valence-corrected chi connectivity index (χ0v) is 19.0. The van der Waals surface area contributed by atoms with Gasteiger partial charge in [0.15, 0.2) is 17.5 Å². The number of hydrogen-bond donors (Lipinski definition) is 2. The normalized spacial score (nSPS) is 10.8. The van der Waals surface area contributed by atoms with Gasteiger partial charge in [-0.2, -0.15) is 0 Å². The summed E-state index contributed by atoms with van der Waals surface area (Å²) in [5.41, 5.74) is 2.20. The number of nitrogens with one attached hydrogen (secondary N) is 2. The molecule has 0 aromatic heterocycles. The predicted molar refractivity (Wildman–Crippen MR) is 123 cm³/mol. The van der Waals surface area contributed by atoms with Crippen molar-refractivity contribution in [3.63, 3.8) is 0 Å². The van der Waals surface area contributed by atoms with Crippen LogP contribution in [-0.4, -0.2) is 33.3 Å². The molecule has 0 aliphatic rings. The molecule has 2 aromatic carbocycles. The molecule has 2 aromatic rings. The van der Waals surface area contributed by atoms with Crippen LogP contribution in [0.2, 0.25) is 0 Å². The Bertz CT molecular complexity index is 739. The summed E-state index contributed by atoms with van der Waals surface area (Å²) in [5, 5.41) is 6.52. The number of methoxy groups -OCH3 is 1. The Morgan fingerprint density at radius 3 is 2.39 bits per heavy atom. The lowest BCUT2D eigenvalue weighted by Crippen LogP contribution is -2.37. The van der Waals surface area contributed by atoms with Crippen LogP contribution in [0.1, 0.15) is 24.5 Å². The molecule has 0 heterocycles. The summed E-state index contributed by atoms with van der Waals surface area (Å²) in [6.45, 7) is 3.95. The summed E-state index contributed by atoms with van der Waals surface area (Å²) in [7, 11) is 3.38. The highest BCUT2D eigenvalue weighted by Crippen LogP contribution is 2.28. The van der Waals surface area contributed by atoms with Crippen molar-refractivity contribution in [1.82, 2.24) is 10.6 Å². The Labute approximate surface area is 183 Å². The fourth-order valence-electron chi connectivity index (χ4n) is 2.65. The van der Waals surface area contributed by atoms with Crippen LogP contribution in [-0.2, 0) is 13.0 Å². The van der Waals surface area contributed by atoms with E-state index in [2.05, 4.69) is 21.7 Å². The first kappa shape index (κ1) is 24.0. The summed E-state index contributed by atoms with van der Waals surface area (Å²) < 4.78 is 23.9. The number of rotatable bonds is 9. The van der Waals surface area contributed by atoms with Crippen molar-refractivity contribution in [2.24, 2.45) is 4.99 Å². The summed E-state index contributed by atoms with van der Waals surface area (Å²) >= 11 is 0. The number of guanidine groups is 1. The highest BCUT2D eigenvalue weighted by Gasteiger charge is 2.05. The standard InChI is InChI=1S/C21H28FN3O2.HI/c1-4-27-20-14-16(9-12-19(20)26-3)6-5-13-24-21(23-2)25-15-17-7-10-18(22)11-8-17;/h7-12,14H,4-6,13,15H2,1-3H3,(H2,23,24,25);1H. The van der Waals surface area contributed by atoms with Crippen molar-refractivity contribution >= 4 is 29.9 Å². The zero-order chi connectivity index (χ0) is 19.5. The number of nitrogens with zero attached hydrogens (tertiary/aromatic N) is 1. The van der Waals surface area contributed by atoms with Crippen LogP contribution in [0.25, 0.3) is 0 Å². The first-order chi connectivity index (χ1) is 13.2. The average Bonchev–Trinajstić information content (AvgIpc) is 2.69. The van der Waals surface area contributed by atoms with Crippen LogP contribution in [0.5, 0.6) is 11.5 Å². The second-order valence-corrected chi connectivity index (χ2v) is 6.00. The Hall–Kier alpha value is -2.03. The van der Waals surface area contributed by atoms with Crippen molar-refractivity contribution in [3.8, 4) is 11.5 Å². The monoisotopic (exact) mass is 501 g/mol. The molecule has 0 bridgehead atoms. The Morgan fingerprint density at radius 2 is 1.75 bits per heavy atom. The third-order valence-corrected chi connectivity index (χ3v) is 4.06. The number of hydrogen-bond acceptors (Lipinski definition) is 3. The van der Waals surface area contributed by atoms with E-state index < -0.39 is 0 Å². The SMILES string of the molecule is CCOc1cc(CCCNC(=NC)NCc2ccc(F)cc2)ccc1OC.I. The van der Waals surface area contributed by atoms with Gasteiger partial charge < -0.3 is 20.1 Å². The molecule has 0 spiro atoms. The van der Waals surface area contributed by atoms with Crippen molar-refractivity contribution < 1.29 is 13.9 Å². The molecule has 0 radical (unpaired) electrons. The van der Waals surface area contributed by atoms with E-state index in [-0.39, 0.29) is 29.8 Å². The van der Waals surface area contributed by atoms with Gasteiger partial charge in [0.2, 0.25) is 0 Å². The second kappa shape index (κ2) is 13.2. The number of halogens is 2. The van der Waals surface area contributed by atoms with E-state index in [0.29, 0.717) is 13.2 Å². The summed E-state index contributed by atoms with van der Waals surface area (Å²) in [5.74, 6) is 2.03. The van der Waals surface area contributed by atoms with Crippen LogP contribution < -0.4 is 20.1 Å². The smallest absolute Gasteiger partial charge is 0.191 e. The van der Waals surface area contributed by atoms with Crippen molar-refractivity contribution in [2.75, 3.05) is 27.3 Å². The molecule has 7 heteroatoms. The van der Waals surface area contributed by atoms with E-state index in [1.165, 1.54) is 17.7 Å². The maximum Gasteiger partial charge on any atom is 0.191 e. The molecule has 0 fully saturated rings. The van der Waals surface area contributed by atoms with Crippen LogP contribution in [0.15, 0.2) is 47.5 Å². The molecular formula is C21H29FIN3O2. The molecule has 2 N–H and O–H groups in total. The number of benzene rings is 2. The maximum absolute atomic E-state index is 12.9. The molecule has 5 nitrogen and oxygen atoms in total. The van der Waals surface area contributed by atoms with Gasteiger partial charge in [-0.3, -0.25) is 4.99 Å². The number of ether oxygens (including phenoxy) is 2.